The Balaban J connectivity index is 3.50. The summed E-state index contributed by atoms with van der Waals surface area (Å²) in [6.45, 7) is 1.49. The van der Waals surface area contributed by atoms with Crippen LogP contribution in [0.2, 0.25) is 5.02 Å². The summed E-state index contributed by atoms with van der Waals surface area (Å²) < 4.78 is 34.6. The van der Waals surface area contributed by atoms with Gasteiger partial charge in [-0.2, -0.15) is 0 Å². The molecule has 0 spiro atoms. The van der Waals surface area contributed by atoms with Crippen LogP contribution in [0.1, 0.15) is 5.56 Å². The molecular weight excluding hydrogens is 238 g/mol. The van der Waals surface area contributed by atoms with E-state index < -0.39 is 14.9 Å². The fraction of sp³-hybridized carbons (Fsp3) is 0.143. The molecule has 2 nitrogen and oxygen atoms in total. The predicted octanol–water partition coefficient (Wildman–Crippen LogP) is 2.72. The molecule has 0 aromatic heterocycles. The molecule has 0 unspecified atom stereocenters. The van der Waals surface area contributed by atoms with Gasteiger partial charge >= 0.3 is 0 Å². The second-order valence-electron chi connectivity index (χ2n) is 2.47. The summed E-state index contributed by atoms with van der Waals surface area (Å²) in [6, 6.07) is 2.02. The Morgan fingerprint density at radius 3 is 2.38 bits per heavy atom. The minimum atomic E-state index is -3.90. The molecule has 0 saturated carbocycles. The van der Waals surface area contributed by atoms with Gasteiger partial charge in [-0.1, -0.05) is 11.6 Å². The second kappa shape index (κ2) is 3.44. The molecule has 0 amide bonds. The van der Waals surface area contributed by atoms with Crippen LogP contribution in [-0.4, -0.2) is 8.42 Å². The van der Waals surface area contributed by atoms with E-state index in [2.05, 4.69) is 0 Å². The second-order valence-corrected chi connectivity index (χ2v) is 5.41. The molecule has 0 aliphatic carbocycles. The van der Waals surface area contributed by atoms with Crippen LogP contribution in [0, 0.1) is 12.7 Å². The lowest BCUT2D eigenvalue weighted by atomic mass is 10.2. The van der Waals surface area contributed by atoms with Gasteiger partial charge in [0.2, 0.25) is 0 Å². The van der Waals surface area contributed by atoms with Crippen molar-refractivity contribution in [3.8, 4) is 0 Å². The molecule has 0 N–H and O–H groups in total. The zero-order valence-corrected chi connectivity index (χ0v) is 8.84. The van der Waals surface area contributed by atoms with Crippen LogP contribution >= 0.6 is 22.3 Å². The van der Waals surface area contributed by atoms with Crippen LogP contribution in [0.15, 0.2) is 17.0 Å². The first kappa shape index (κ1) is 10.8. The molecule has 13 heavy (non-hydrogen) atoms. The largest absolute Gasteiger partial charge is 0.261 e. The summed E-state index contributed by atoms with van der Waals surface area (Å²) in [5.74, 6) is -0.800. The van der Waals surface area contributed by atoms with Crippen LogP contribution in [0.5, 0.6) is 0 Å². The van der Waals surface area contributed by atoms with Crippen molar-refractivity contribution in [2.45, 2.75) is 11.8 Å². The Kier molecular flexibility index (Phi) is 2.85. The number of halogens is 3. The van der Waals surface area contributed by atoms with Crippen LogP contribution < -0.4 is 0 Å². The Morgan fingerprint density at radius 2 is 1.92 bits per heavy atom. The van der Waals surface area contributed by atoms with E-state index in [-0.39, 0.29) is 9.92 Å². The quantitative estimate of drug-likeness (QED) is 0.710. The minimum absolute atomic E-state index is 0.124. The molecule has 0 bridgehead atoms. The van der Waals surface area contributed by atoms with E-state index in [1.807, 2.05) is 0 Å². The maximum atomic E-state index is 12.8. The highest BCUT2D eigenvalue weighted by Gasteiger charge is 2.16. The first-order valence-corrected chi connectivity index (χ1v) is 5.91. The van der Waals surface area contributed by atoms with Crippen molar-refractivity contribution in [1.82, 2.24) is 0 Å². The Morgan fingerprint density at radius 1 is 1.38 bits per heavy atom. The van der Waals surface area contributed by atoms with Gasteiger partial charge in [-0.05, 0) is 24.6 Å². The fourth-order valence-corrected chi connectivity index (χ4v) is 2.30. The van der Waals surface area contributed by atoms with Crippen molar-refractivity contribution < 1.29 is 12.8 Å². The molecule has 0 radical (unpaired) electrons. The maximum Gasteiger partial charge on any atom is 0.261 e. The van der Waals surface area contributed by atoms with Crippen molar-refractivity contribution >= 4 is 31.3 Å². The molecule has 0 heterocycles. The van der Waals surface area contributed by atoms with E-state index in [1.165, 1.54) is 13.0 Å². The van der Waals surface area contributed by atoms with E-state index >= 15 is 0 Å². The topological polar surface area (TPSA) is 34.1 Å². The third kappa shape index (κ3) is 2.33. The fourth-order valence-electron chi connectivity index (χ4n) is 0.891. The van der Waals surface area contributed by atoms with E-state index in [0.29, 0.717) is 5.56 Å². The van der Waals surface area contributed by atoms with Crippen molar-refractivity contribution in [2.24, 2.45) is 0 Å². The molecule has 72 valence electrons. The molecule has 0 fully saturated rings. The Hall–Kier alpha value is -0.320. The number of aryl methyl sites for hydroxylation is 1. The smallest absolute Gasteiger partial charge is 0.207 e. The molecule has 1 rings (SSSR count). The molecule has 1 aromatic rings. The van der Waals surface area contributed by atoms with Gasteiger partial charge in [-0.25, -0.2) is 12.8 Å². The van der Waals surface area contributed by atoms with Crippen molar-refractivity contribution in [1.29, 1.82) is 0 Å². The van der Waals surface area contributed by atoms with Crippen LogP contribution in [-0.2, 0) is 9.05 Å². The van der Waals surface area contributed by atoms with Crippen molar-refractivity contribution in [3.05, 3.63) is 28.5 Å². The molecule has 1 aromatic carbocycles. The number of benzene rings is 1. The average Bonchev–Trinajstić information content (AvgIpc) is 1.94. The van der Waals surface area contributed by atoms with Crippen LogP contribution in [0.4, 0.5) is 4.39 Å². The van der Waals surface area contributed by atoms with Crippen molar-refractivity contribution in [3.63, 3.8) is 0 Å². The highest BCUT2D eigenvalue weighted by Crippen LogP contribution is 2.25. The third-order valence-corrected chi connectivity index (χ3v) is 3.23. The summed E-state index contributed by atoms with van der Waals surface area (Å²) in [7, 11) is 1.15. The van der Waals surface area contributed by atoms with E-state index in [0.717, 1.165) is 6.07 Å². The molecule has 0 saturated heterocycles. The first-order valence-electron chi connectivity index (χ1n) is 3.22. The third-order valence-electron chi connectivity index (χ3n) is 1.48. The standard InChI is InChI=1S/C7H5Cl2FO2S/c1-4-2-5(8)6(10)3-7(4)13(9,11)12/h2-3H,1H3. The number of hydrogen-bond donors (Lipinski definition) is 0. The normalized spacial score (nSPS) is 11.7. The molecular formula is C7H5Cl2FO2S. The molecule has 6 heteroatoms. The van der Waals surface area contributed by atoms with Crippen LogP contribution in [0.3, 0.4) is 0 Å². The summed E-state index contributed by atoms with van der Waals surface area (Å²) in [4.78, 5) is -0.254. The highest BCUT2D eigenvalue weighted by molar-refractivity contribution is 8.13. The van der Waals surface area contributed by atoms with Gasteiger partial charge in [0.25, 0.3) is 9.05 Å². The minimum Gasteiger partial charge on any atom is -0.207 e. The van der Waals surface area contributed by atoms with Gasteiger partial charge in [0.1, 0.15) is 5.82 Å². The summed E-state index contributed by atoms with van der Waals surface area (Å²) in [5, 5.41) is -0.124. The number of hydrogen-bond acceptors (Lipinski definition) is 2. The van der Waals surface area contributed by atoms with E-state index in [9.17, 15) is 12.8 Å². The highest BCUT2D eigenvalue weighted by atomic mass is 35.7. The van der Waals surface area contributed by atoms with Crippen LogP contribution in [0.25, 0.3) is 0 Å². The Labute approximate surface area is 84.7 Å². The van der Waals surface area contributed by atoms with Gasteiger partial charge in [0, 0.05) is 10.7 Å². The lowest BCUT2D eigenvalue weighted by Gasteiger charge is -2.02. The Bertz CT molecular complexity index is 442. The SMILES string of the molecule is Cc1cc(Cl)c(F)cc1S(=O)(=O)Cl. The lowest BCUT2D eigenvalue weighted by molar-refractivity contribution is 0.601. The monoisotopic (exact) mass is 242 g/mol. The average molecular weight is 243 g/mol. The lowest BCUT2D eigenvalue weighted by Crippen LogP contribution is -1.96. The van der Waals surface area contributed by atoms with Gasteiger partial charge < -0.3 is 0 Å². The summed E-state index contributed by atoms with van der Waals surface area (Å²) >= 11 is 5.42. The van der Waals surface area contributed by atoms with Gasteiger partial charge in [-0.15, -0.1) is 0 Å². The first-order chi connectivity index (χ1) is 5.82. The van der Waals surface area contributed by atoms with E-state index in [1.54, 1.807) is 0 Å². The van der Waals surface area contributed by atoms with Gasteiger partial charge in [0.15, 0.2) is 0 Å². The van der Waals surface area contributed by atoms with Gasteiger partial charge in [-0.3, -0.25) is 0 Å². The van der Waals surface area contributed by atoms with Gasteiger partial charge in [0.05, 0.1) is 9.92 Å². The van der Waals surface area contributed by atoms with Crippen molar-refractivity contribution in [2.75, 3.05) is 0 Å². The summed E-state index contributed by atoms with van der Waals surface area (Å²) in [5.41, 5.74) is 0.321. The molecule has 0 atom stereocenters. The zero-order chi connectivity index (χ0) is 10.2. The zero-order valence-electron chi connectivity index (χ0n) is 6.51. The number of rotatable bonds is 1. The van der Waals surface area contributed by atoms with E-state index in [4.69, 9.17) is 22.3 Å². The summed E-state index contributed by atoms with van der Waals surface area (Å²) in [6.07, 6.45) is 0. The predicted molar refractivity (Wildman–Crippen MR) is 49.2 cm³/mol. The maximum absolute atomic E-state index is 12.8. The molecule has 0 aliphatic heterocycles. The molecule has 0 aliphatic rings.